The van der Waals surface area contributed by atoms with Crippen LogP contribution in [-0.2, 0) is 0 Å². The molecule has 0 amide bonds. The van der Waals surface area contributed by atoms with E-state index in [0.29, 0.717) is 5.54 Å². The van der Waals surface area contributed by atoms with Crippen LogP contribution in [0.25, 0.3) is 0 Å². The first kappa shape index (κ1) is 10.8. The van der Waals surface area contributed by atoms with Crippen molar-refractivity contribution >= 4 is 11.8 Å². The highest BCUT2D eigenvalue weighted by atomic mass is 32.2. The first-order valence-electron chi connectivity index (χ1n) is 5.61. The monoisotopic (exact) mass is 214 g/mol. The van der Waals surface area contributed by atoms with Gasteiger partial charge in [0.2, 0.25) is 0 Å². The van der Waals surface area contributed by atoms with Crippen molar-refractivity contribution in [3.63, 3.8) is 0 Å². The molecular formula is C11H22N2S. The Balaban J connectivity index is 2.00. The van der Waals surface area contributed by atoms with E-state index in [9.17, 15) is 0 Å². The molecule has 2 nitrogen and oxygen atoms in total. The topological polar surface area (TPSA) is 15.3 Å². The third kappa shape index (κ3) is 1.70. The van der Waals surface area contributed by atoms with E-state index < -0.39 is 0 Å². The number of nitrogens with zero attached hydrogens (tertiary/aromatic N) is 1. The Hall–Kier alpha value is 0.270. The van der Waals surface area contributed by atoms with Crippen molar-refractivity contribution in [2.24, 2.45) is 11.8 Å². The van der Waals surface area contributed by atoms with Crippen LogP contribution in [0.15, 0.2) is 0 Å². The first-order chi connectivity index (χ1) is 6.66. The van der Waals surface area contributed by atoms with Crippen molar-refractivity contribution in [1.29, 1.82) is 0 Å². The summed E-state index contributed by atoms with van der Waals surface area (Å²) in [4.78, 5) is 2.69. The zero-order chi connectivity index (χ0) is 10.2. The molecule has 0 aliphatic carbocycles. The van der Waals surface area contributed by atoms with Crippen LogP contribution in [0.3, 0.4) is 0 Å². The molecule has 0 aromatic heterocycles. The number of rotatable bonds is 3. The summed E-state index contributed by atoms with van der Waals surface area (Å²) in [5.74, 6) is 3.06. The van der Waals surface area contributed by atoms with Crippen molar-refractivity contribution in [2.75, 3.05) is 38.2 Å². The molecule has 3 heteroatoms. The van der Waals surface area contributed by atoms with Crippen molar-refractivity contribution in [3.8, 4) is 0 Å². The van der Waals surface area contributed by atoms with Crippen molar-refractivity contribution in [3.05, 3.63) is 0 Å². The molecular weight excluding hydrogens is 192 g/mol. The average Bonchev–Trinajstić information content (AvgIpc) is 2.66. The lowest BCUT2D eigenvalue weighted by Crippen LogP contribution is -2.45. The highest BCUT2D eigenvalue weighted by molar-refractivity contribution is 7.98. The minimum absolute atomic E-state index is 0.421. The van der Waals surface area contributed by atoms with Gasteiger partial charge in [-0.2, -0.15) is 11.8 Å². The van der Waals surface area contributed by atoms with Gasteiger partial charge < -0.3 is 5.32 Å². The molecule has 0 spiro atoms. The summed E-state index contributed by atoms with van der Waals surface area (Å²) in [6, 6.07) is 0. The zero-order valence-corrected chi connectivity index (χ0v) is 10.4. The number of hydrogen-bond donors (Lipinski definition) is 1. The second-order valence-corrected chi connectivity index (χ2v) is 6.10. The normalized spacial score (nSPS) is 36.2. The van der Waals surface area contributed by atoms with Gasteiger partial charge in [0, 0.05) is 30.9 Å². The lowest BCUT2D eigenvalue weighted by Gasteiger charge is -2.35. The molecule has 2 atom stereocenters. The third-order valence-electron chi connectivity index (χ3n) is 4.08. The number of nitrogens with one attached hydrogen (secondary N) is 1. The van der Waals surface area contributed by atoms with E-state index in [1.54, 1.807) is 0 Å². The Morgan fingerprint density at radius 3 is 2.86 bits per heavy atom. The van der Waals surface area contributed by atoms with E-state index >= 15 is 0 Å². The van der Waals surface area contributed by atoms with Gasteiger partial charge in [-0.25, -0.2) is 0 Å². The van der Waals surface area contributed by atoms with Gasteiger partial charge in [0.25, 0.3) is 0 Å². The largest absolute Gasteiger partial charge is 0.316 e. The fourth-order valence-corrected chi connectivity index (χ4v) is 3.49. The molecule has 2 saturated heterocycles. The zero-order valence-electron chi connectivity index (χ0n) is 9.55. The molecule has 0 radical (unpaired) electrons. The molecule has 0 aromatic carbocycles. The number of fused-ring (bicyclic) bond motifs is 1. The summed E-state index contributed by atoms with van der Waals surface area (Å²) >= 11 is 1.96. The summed E-state index contributed by atoms with van der Waals surface area (Å²) in [5, 5.41) is 3.52. The predicted octanol–water partition coefficient (Wildman–Crippen LogP) is 1.28. The number of thioether (sulfide) groups is 1. The molecule has 1 N–H and O–H groups in total. The van der Waals surface area contributed by atoms with E-state index in [4.69, 9.17) is 0 Å². The standard InChI is InChI=1S/C11H22N2S/c1-11(2)10-7-12-6-9(10)8-13(11)4-5-14-3/h9-10,12H,4-8H2,1-3H3. The van der Waals surface area contributed by atoms with E-state index in [0.717, 1.165) is 11.8 Å². The lowest BCUT2D eigenvalue weighted by molar-refractivity contribution is 0.149. The van der Waals surface area contributed by atoms with Gasteiger partial charge in [-0.15, -0.1) is 0 Å². The van der Waals surface area contributed by atoms with Crippen molar-refractivity contribution in [2.45, 2.75) is 19.4 Å². The fourth-order valence-electron chi connectivity index (χ4n) is 3.09. The maximum Gasteiger partial charge on any atom is 0.0197 e. The molecule has 2 aliphatic rings. The maximum absolute atomic E-state index is 3.52. The highest BCUT2D eigenvalue weighted by Gasteiger charge is 2.48. The molecule has 82 valence electrons. The van der Waals surface area contributed by atoms with Crippen LogP contribution in [0, 0.1) is 11.8 Å². The highest BCUT2D eigenvalue weighted by Crippen LogP contribution is 2.40. The quantitative estimate of drug-likeness (QED) is 0.762. The van der Waals surface area contributed by atoms with Crippen LogP contribution < -0.4 is 5.32 Å². The minimum atomic E-state index is 0.421. The molecule has 2 rings (SSSR count). The first-order valence-corrected chi connectivity index (χ1v) is 7.00. The fraction of sp³-hybridized carbons (Fsp3) is 1.00. The summed E-state index contributed by atoms with van der Waals surface area (Å²) < 4.78 is 0. The van der Waals surface area contributed by atoms with Crippen LogP contribution >= 0.6 is 11.8 Å². The SMILES string of the molecule is CSCCN1CC2CNCC2C1(C)C. The van der Waals surface area contributed by atoms with Crippen LogP contribution in [0.1, 0.15) is 13.8 Å². The Morgan fingerprint density at radius 1 is 1.43 bits per heavy atom. The molecule has 0 aromatic rings. The molecule has 14 heavy (non-hydrogen) atoms. The summed E-state index contributed by atoms with van der Waals surface area (Å²) in [7, 11) is 0. The van der Waals surface area contributed by atoms with Crippen LogP contribution in [-0.4, -0.2) is 48.6 Å². The average molecular weight is 214 g/mol. The second-order valence-electron chi connectivity index (χ2n) is 5.12. The molecule has 2 unspecified atom stereocenters. The van der Waals surface area contributed by atoms with Gasteiger partial charge in [-0.1, -0.05) is 0 Å². The Kier molecular flexibility index (Phi) is 3.10. The van der Waals surface area contributed by atoms with Gasteiger partial charge in [0.15, 0.2) is 0 Å². The summed E-state index contributed by atoms with van der Waals surface area (Å²) in [5.41, 5.74) is 0.421. The third-order valence-corrected chi connectivity index (χ3v) is 4.67. The molecule has 2 heterocycles. The predicted molar refractivity (Wildman–Crippen MR) is 63.9 cm³/mol. The van der Waals surface area contributed by atoms with Gasteiger partial charge in [0.05, 0.1) is 0 Å². The summed E-state index contributed by atoms with van der Waals surface area (Å²) in [6.07, 6.45) is 2.20. The Morgan fingerprint density at radius 2 is 2.21 bits per heavy atom. The van der Waals surface area contributed by atoms with Crippen LogP contribution in [0.5, 0.6) is 0 Å². The van der Waals surface area contributed by atoms with Gasteiger partial charge in [-0.05, 0) is 38.5 Å². The van der Waals surface area contributed by atoms with E-state index in [-0.39, 0.29) is 0 Å². The van der Waals surface area contributed by atoms with Crippen LogP contribution in [0.2, 0.25) is 0 Å². The lowest BCUT2D eigenvalue weighted by atomic mass is 9.85. The Bertz CT molecular complexity index is 205. The molecule has 2 fully saturated rings. The van der Waals surface area contributed by atoms with E-state index in [1.165, 1.54) is 31.9 Å². The molecule has 2 aliphatic heterocycles. The maximum atomic E-state index is 3.52. The van der Waals surface area contributed by atoms with E-state index in [1.807, 2.05) is 11.8 Å². The molecule has 0 saturated carbocycles. The second kappa shape index (κ2) is 4.03. The van der Waals surface area contributed by atoms with Crippen molar-refractivity contribution in [1.82, 2.24) is 10.2 Å². The van der Waals surface area contributed by atoms with Crippen molar-refractivity contribution < 1.29 is 0 Å². The van der Waals surface area contributed by atoms with Gasteiger partial charge >= 0.3 is 0 Å². The Labute approximate surface area is 91.8 Å². The van der Waals surface area contributed by atoms with Gasteiger partial charge in [-0.3, -0.25) is 4.90 Å². The smallest absolute Gasteiger partial charge is 0.0197 e. The number of hydrogen-bond acceptors (Lipinski definition) is 3. The minimum Gasteiger partial charge on any atom is -0.316 e. The number of likely N-dealkylation sites (tertiary alicyclic amines) is 1. The molecule has 0 bridgehead atoms. The van der Waals surface area contributed by atoms with Crippen LogP contribution in [0.4, 0.5) is 0 Å². The summed E-state index contributed by atoms with van der Waals surface area (Å²) in [6.45, 7) is 9.89. The van der Waals surface area contributed by atoms with E-state index in [2.05, 4.69) is 30.3 Å². The van der Waals surface area contributed by atoms with Gasteiger partial charge in [0.1, 0.15) is 0 Å².